The van der Waals surface area contributed by atoms with Crippen molar-refractivity contribution in [2.75, 3.05) is 0 Å². The number of fused-ring (bicyclic) bond motifs is 8. The Morgan fingerprint density at radius 1 is 0.375 bits per heavy atom. The van der Waals surface area contributed by atoms with Crippen molar-refractivity contribution in [2.45, 2.75) is 0 Å². The maximum Gasteiger partial charge on any atom is 0.144 e. The minimum absolute atomic E-state index is 0.880. The lowest BCUT2D eigenvalue weighted by Gasteiger charge is -2.15. The topological polar surface area (TPSA) is 26.3 Å². The summed E-state index contributed by atoms with van der Waals surface area (Å²) in [6.45, 7) is 0. The van der Waals surface area contributed by atoms with Crippen molar-refractivity contribution >= 4 is 65.4 Å². The molecule has 0 aliphatic rings. The Kier molecular flexibility index (Phi) is 4.36. The van der Waals surface area contributed by atoms with Crippen molar-refractivity contribution in [1.29, 1.82) is 0 Å². The smallest absolute Gasteiger partial charge is 0.144 e. The van der Waals surface area contributed by atoms with Gasteiger partial charge in [0.1, 0.15) is 22.3 Å². The molecule has 0 atom stereocenters. The SMILES string of the molecule is c1ccc2cc(-c3c4ccccc4c(-c4cccc5oc6ccccc6c45)c4oc5ccccc5c34)ccc2c1. The van der Waals surface area contributed by atoms with Gasteiger partial charge in [-0.05, 0) is 56.9 Å². The maximum atomic E-state index is 6.80. The summed E-state index contributed by atoms with van der Waals surface area (Å²) in [6, 6.07) is 47.1. The van der Waals surface area contributed by atoms with Gasteiger partial charge in [-0.2, -0.15) is 0 Å². The van der Waals surface area contributed by atoms with Crippen LogP contribution in [0.1, 0.15) is 0 Å². The molecule has 0 saturated carbocycles. The molecule has 7 aromatic carbocycles. The Bertz CT molecular complexity index is 2440. The fourth-order valence-corrected chi connectivity index (χ4v) is 6.54. The van der Waals surface area contributed by atoms with E-state index in [-0.39, 0.29) is 0 Å². The summed E-state index contributed by atoms with van der Waals surface area (Å²) in [5.74, 6) is 0. The summed E-state index contributed by atoms with van der Waals surface area (Å²) < 4.78 is 13.1. The summed E-state index contributed by atoms with van der Waals surface area (Å²) in [5.41, 5.74) is 8.17. The molecule has 0 aliphatic carbocycles. The first kappa shape index (κ1) is 21.6. The molecular weight excluding hydrogens is 488 g/mol. The van der Waals surface area contributed by atoms with Gasteiger partial charge in [0.25, 0.3) is 0 Å². The highest BCUT2D eigenvalue weighted by Gasteiger charge is 2.24. The van der Waals surface area contributed by atoms with Gasteiger partial charge < -0.3 is 8.83 Å². The molecule has 0 saturated heterocycles. The van der Waals surface area contributed by atoms with Gasteiger partial charge in [0.05, 0.1) is 0 Å². The molecule has 186 valence electrons. The lowest BCUT2D eigenvalue weighted by Crippen LogP contribution is -1.90. The zero-order valence-corrected chi connectivity index (χ0v) is 21.5. The van der Waals surface area contributed by atoms with E-state index in [1.54, 1.807) is 0 Å². The van der Waals surface area contributed by atoms with Crippen molar-refractivity contribution in [3.05, 3.63) is 133 Å². The molecule has 9 aromatic rings. The molecule has 2 nitrogen and oxygen atoms in total. The Morgan fingerprint density at radius 3 is 1.77 bits per heavy atom. The standard InChI is InChI=1S/C38H22O2/c1-2-11-24-22-25(21-20-23(24)10-1)34-26-12-3-4-13-27(26)36(38-37(34)29-15-6-8-18-32(29)40-38)30-16-9-19-33-35(30)28-14-5-7-17-31(28)39-33/h1-22H. The van der Waals surface area contributed by atoms with Crippen LogP contribution in [0.15, 0.2) is 142 Å². The summed E-state index contributed by atoms with van der Waals surface area (Å²) in [7, 11) is 0. The number of rotatable bonds is 2. The van der Waals surface area contributed by atoms with E-state index in [0.29, 0.717) is 0 Å². The zero-order chi connectivity index (χ0) is 26.2. The van der Waals surface area contributed by atoms with Crippen molar-refractivity contribution in [2.24, 2.45) is 0 Å². The molecule has 2 aromatic heterocycles. The van der Waals surface area contributed by atoms with Crippen molar-refractivity contribution < 1.29 is 8.83 Å². The van der Waals surface area contributed by atoms with E-state index in [9.17, 15) is 0 Å². The van der Waals surface area contributed by atoms with Crippen molar-refractivity contribution in [1.82, 2.24) is 0 Å². The van der Waals surface area contributed by atoms with E-state index in [2.05, 4.69) is 115 Å². The summed E-state index contributed by atoms with van der Waals surface area (Å²) in [6.07, 6.45) is 0. The summed E-state index contributed by atoms with van der Waals surface area (Å²) in [4.78, 5) is 0. The van der Waals surface area contributed by atoms with Gasteiger partial charge in [0, 0.05) is 32.7 Å². The first-order valence-corrected chi connectivity index (χ1v) is 13.6. The third-order valence-electron chi connectivity index (χ3n) is 8.25. The minimum atomic E-state index is 0.880. The predicted octanol–water partition coefficient (Wildman–Crippen LogP) is 11.1. The quantitative estimate of drug-likeness (QED) is 0.231. The van der Waals surface area contributed by atoms with Gasteiger partial charge in [0.2, 0.25) is 0 Å². The zero-order valence-electron chi connectivity index (χ0n) is 21.5. The Hall–Kier alpha value is -5.34. The monoisotopic (exact) mass is 510 g/mol. The average molecular weight is 511 g/mol. The summed E-state index contributed by atoms with van der Waals surface area (Å²) >= 11 is 0. The first-order valence-electron chi connectivity index (χ1n) is 13.6. The van der Waals surface area contributed by atoms with E-state index in [0.717, 1.165) is 60.4 Å². The Labute approximate surface area is 229 Å². The predicted molar refractivity (Wildman–Crippen MR) is 167 cm³/mol. The number of benzene rings is 7. The van der Waals surface area contributed by atoms with Crippen LogP contribution in [-0.4, -0.2) is 0 Å². The van der Waals surface area contributed by atoms with Crippen LogP contribution in [-0.2, 0) is 0 Å². The van der Waals surface area contributed by atoms with Crippen LogP contribution >= 0.6 is 0 Å². The second-order valence-corrected chi connectivity index (χ2v) is 10.4. The molecule has 40 heavy (non-hydrogen) atoms. The first-order chi connectivity index (χ1) is 19.8. The normalized spacial score (nSPS) is 12.0. The average Bonchev–Trinajstić information content (AvgIpc) is 3.58. The van der Waals surface area contributed by atoms with E-state index in [1.807, 2.05) is 18.2 Å². The molecular formula is C38H22O2. The molecule has 0 amide bonds. The number of hydrogen-bond acceptors (Lipinski definition) is 2. The van der Waals surface area contributed by atoms with Crippen LogP contribution in [0.4, 0.5) is 0 Å². The molecule has 0 N–H and O–H groups in total. The molecule has 2 heterocycles. The van der Waals surface area contributed by atoms with Crippen LogP contribution in [0.2, 0.25) is 0 Å². The van der Waals surface area contributed by atoms with Crippen molar-refractivity contribution in [3.8, 4) is 22.3 Å². The highest BCUT2D eigenvalue weighted by Crippen LogP contribution is 2.49. The van der Waals surface area contributed by atoms with E-state index in [1.165, 1.54) is 27.3 Å². The highest BCUT2D eigenvalue weighted by atomic mass is 16.3. The van der Waals surface area contributed by atoms with Gasteiger partial charge in [-0.15, -0.1) is 0 Å². The van der Waals surface area contributed by atoms with E-state index >= 15 is 0 Å². The van der Waals surface area contributed by atoms with Gasteiger partial charge >= 0.3 is 0 Å². The third kappa shape index (κ3) is 2.93. The highest BCUT2D eigenvalue weighted by molar-refractivity contribution is 6.29. The lowest BCUT2D eigenvalue weighted by atomic mass is 9.86. The molecule has 0 unspecified atom stereocenters. The minimum Gasteiger partial charge on any atom is -0.456 e. The molecule has 0 spiro atoms. The molecule has 0 aliphatic heterocycles. The van der Waals surface area contributed by atoms with Gasteiger partial charge in [-0.25, -0.2) is 0 Å². The maximum absolute atomic E-state index is 6.80. The Morgan fingerprint density at radius 2 is 0.975 bits per heavy atom. The van der Waals surface area contributed by atoms with E-state index < -0.39 is 0 Å². The molecule has 0 radical (unpaired) electrons. The number of para-hydroxylation sites is 2. The summed E-state index contributed by atoms with van der Waals surface area (Å²) in [5, 5.41) is 9.32. The van der Waals surface area contributed by atoms with Crippen LogP contribution in [0.5, 0.6) is 0 Å². The second-order valence-electron chi connectivity index (χ2n) is 10.4. The fourth-order valence-electron chi connectivity index (χ4n) is 6.54. The second kappa shape index (κ2) is 8.08. The van der Waals surface area contributed by atoms with E-state index in [4.69, 9.17) is 8.83 Å². The van der Waals surface area contributed by atoms with Crippen LogP contribution in [0, 0.1) is 0 Å². The fraction of sp³-hybridized carbons (Fsp3) is 0. The molecule has 0 fully saturated rings. The number of furan rings is 2. The molecule has 2 heteroatoms. The molecule has 0 bridgehead atoms. The van der Waals surface area contributed by atoms with Crippen molar-refractivity contribution in [3.63, 3.8) is 0 Å². The third-order valence-corrected chi connectivity index (χ3v) is 8.25. The van der Waals surface area contributed by atoms with Gasteiger partial charge in [-0.1, -0.05) is 109 Å². The lowest BCUT2D eigenvalue weighted by molar-refractivity contribution is 0.669. The van der Waals surface area contributed by atoms with Gasteiger partial charge in [-0.3, -0.25) is 0 Å². The van der Waals surface area contributed by atoms with Crippen LogP contribution < -0.4 is 0 Å². The number of hydrogen-bond donors (Lipinski definition) is 0. The van der Waals surface area contributed by atoms with Crippen LogP contribution in [0.25, 0.3) is 87.7 Å². The largest absolute Gasteiger partial charge is 0.456 e. The Balaban J connectivity index is 1.51. The molecule has 9 rings (SSSR count). The van der Waals surface area contributed by atoms with Gasteiger partial charge in [0.15, 0.2) is 0 Å². The van der Waals surface area contributed by atoms with Crippen LogP contribution in [0.3, 0.4) is 0 Å².